The van der Waals surface area contributed by atoms with E-state index in [1.54, 1.807) is 24.3 Å². The Morgan fingerprint density at radius 2 is 1.81 bits per heavy atom. The summed E-state index contributed by atoms with van der Waals surface area (Å²) in [6, 6.07) is 6.94. The smallest absolute Gasteiger partial charge is 0.123 e. The molecule has 0 saturated heterocycles. The van der Waals surface area contributed by atoms with Gasteiger partial charge in [-0.3, -0.25) is 0 Å². The lowest BCUT2D eigenvalue weighted by Crippen LogP contribution is -1.97. The van der Waals surface area contributed by atoms with Crippen LogP contribution in [-0.4, -0.2) is 10.2 Å². The second-order valence-electron chi connectivity index (χ2n) is 3.49. The zero-order valence-electron chi connectivity index (χ0n) is 8.98. The van der Waals surface area contributed by atoms with Crippen LogP contribution in [0, 0.1) is 0 Å². The minimum atomic E-state index is 0. The molecule has 2 nitrogen and oxygen atoms in total. The molecule has 0 radical (unpaired) electrons. The summed E-state index contributed by atoms with van der Waals surface area (Å²) in [5, 5.41) is 19.4. The monoisotopic (exact) mass is 234 g/mol. The average Bonchev–Trinajstić information content (AvgIpc) is 2.20. The second kappa shape index (κ2) is 5.00. The van der Waals surface area contributed by atoms with Crippen LogP contribution in [-0.2, 0) is 0 Å². The van der Waals surface area contributed by atoms with E-state index in [1.807, 2.05) is 12.1 Å². The highest BCUT2D eigenvalue weighted by Crippen LogP contribution is 2.35. The van der Waals surface area contributed by atoms with Gasteiger partial charge in [0.15, 0.2) is 0 Å². The average molecular weight is 234 g/mol. The zero-order valence-corrected chi connectivity index (χ0v) is 10.4. The summed E-state index contributed by atoms with van der Waals surface area (Å²) in [5.41, 5.74) is 2.08. The van der Waals surface area contributed by atoms with Gasteiger partial charge in [-0.25, -0.2) is 0 Å². The largest absolute Gasteiger partial charge is 0.507 e. The summed E-state index contributed by atoms with van der Waals surface area (Å²) >= 11 is 0. The maximum atomic E-state index is 9.74. The number of hydrogen-bond acceptors (Lipinski definition) is 2. The maximum Gasteiger partial charge on any atom is 0.123 e. The molecule has 1 aromatic carbocycles. The van der Waals surface area contributed by atoms with Crippen molar-refractivity contribution in [1.82, 2.24) is 0 Å². The third kappa shape index (κ3) is 2.17. The van der Waals surface area contributed by atoms with Gasteiger partial charge in [0.1, 0.15) is 11.5 Å². The molecule has 2 N–H and O–H groups in total. The summed E-state index contributed by atoms with van der Waals surface area (Å²) < 4.78 is 0. The molecule has 2 rings (SSSR count). The van der Waals surface area contributed by atoms with Gasteiger partial charge in [-0.2, -0.15) is 9.90 Å². The van der Waals surface area contributed by atoms with Crippen molar-refractivity contribution in [1.29, 1.82) is 0 Å². The van der Waals surface area contributed by atoms with E-state index in [9.17, 15) is 10.2 Å². The third-order valence-corrected chi connectivity index (χ3v) is 2.42. The van der Waals surface area contributed by atoms with Crippen LogP contribution >= 0.6 is 9.90 Å². The number of phenols is 1. The number of hydrogen-bond donors (Lipinski definition) is 2. The van der Waals surface area contributed by atoms with Crippen molar-refractivity contribution in [2.45, 2.75) is 6.42 Å². The first-order valence-electron chi connectivity index (χ1n) is 4.76. The number of aliphatic hydroxyl groups is 1. The SMILES string of the molecule is C=C1CC=CC(O)=C1c1ccccc1O.P. The van der Waals surface area contributed by atoms with E-state index in [-0.39, 0.29) is 21.4 Å². The molecule has 1 aliphatic carbocycles. The molecule has 0 heterocycles. The Morgan fingerprint density at radius 1 is 1.12 bits per heavy atom. The van der Waals surface area contributed by atoms with Crippen molar-refractivity contribution in [3.05, 3.63) is 59.9 Å². The molecule has 3 heteroatoms. The number of benzene rings is 1. The molecular weight excluding hydrogens is 219 g/mol. The van der Waals surface area contributed by atoms with Gasteiger partial charge in [-0.05, 0) is 24.1 Å². The fraction of sp³-hybridized carbons (Fsp3) is 0.0769. The predicted molar refractivity (Wildman–Crippen MR) is 71.7 cm³/mol. The van der Waals surface area contributed by atoms with Crippen molar-refractivity contribution in [2.75, 3.05) is 0 Å². The molecule has 1 unspecified atom stereocenters. The summed E-state index contributed by atoms with van der Waals surface area (Å²) in [6.45, 7) is 3.88. The minimum absolute atomic E-state index is 0. The predicted octanol–water partition coefficient (Wildman–Crippen LogP) is 3.24. The summed E-state index contributed by atoms with van der Waals surface area (Å²) in [4.78, 5) is 0. The Hall–Kier alpha value is -1.53. The van der Waals surface area contributed by atoms with E-state index in [1.165, 1.54) is 0 Å². The lowest BCUT2D eigenvalue weighted by molar-refractivity contribution is 0.432. The molecule has 16 heavy (non-hydrogen) atoms. The van der Waals surface area contributed by atoms with E-state index in [2.05, 4.69) is 6.58 Å². The number of rotatable bonds is 1. The summed E-state index contributed by atoms with van der Waals surface area (Å²) in [7, 11) is 0. The molecule has 0 spiro atoms. The van der Waals surface area contributed by atoms with Crippen LogP contribution in [0.4, 0.5) is 0 Å². The minimum Gasteiger partial charge on any atom is -0.507 e. The molecule has 0 saturated carbocycles. The molecule has 0 aromatic heterocycles. The van der Waals surface area contributed by atoms with Crippen LogP contribution in [0.3, 0.4) is 0 Å². The number of phenolic OH excluding ortho intramolecular Hbond substituents is 1. The molecular formula is C13H15O2P. The number of aliphatic hydroxyl groups excluding tert-OH is 1. The molecule has 1 aromatic rings. The fourth-order valence-electron chi connectivity index (χ4n) is 1.69. The highest BCUT2D eigenvalue weighted by Gasteiger charge is 2.16. The molecule has 0 amide bonds. The number of para-hydroxylation sites is 1. The normalized spacial score (nSPS) is 14.9. The van der Waals surface area contributed by atoms with Gasteiger partial charge in [-0.1, -0.05) is 30.9 Å². The lowest BCUT2D eigenvalue weighted by Gasteiger charge is -2.15. The standard InChI is InChI=1S/C13H12O2.H3P/c1-9-5-4-8-12(15)13(9)10-6-2-3-7-11(10)14;/h2-4,6-8,14-15H,1,5H2;1H3. The Kier molecular flexibility index (Phi) is 3.92. The Balaban J connectivity index is 0.00000128. The third-order valence-electron chi connectivity index (χ3n) is 2.42. The van der Waals surface area contributed by atoms with Gasteiger partial charge in [0.25, 0.3) is 0 Å². The molecule has 1 atom stereocenters. The molecule has 0 aliphatic heterocycles. The topological polar surface area (TPSA) is 40.5 Å². The summed E-state index contributed by atoms with van der Waals surface area (Å²) in [6.07, 6.45) is 4.19. The number of allylic oxidation sites excluding steroid dienone is 4. The Morgan fingerprint density at radius 3 is 2.44 bits per heavy atom. The van der Waals surface area contributed by atoms with Crippen molar-refractivity contribution < 1.29 is 10.2 Å². The first kappa shape index (κ1) is 12.5. The zero-order chi connectivity index (χ0) is 10.8. The van der Waals surface area contributed by atoms with Crippen LogP contribution < -0.4 is 0 Å². The molecule has 0 fully saturated rings. The van der Waals surface area contributed by atoms with E-state index >= 15 is 0 Å². The molecule has 84 valence electrons. The van der Waals surface area contributed by atoms with Crippen LogP contribution in [0.15, 0.2) is 54.3 Å². The van der Waals surface area contributed by atoms with Crippen LogP contribution in [0.5, 0.6) is 5.75 Å². The van der Waals surface area contributed by atoms with E-state index < -0.39 is 0 Å². The Labute approximate surface area is 98.3 Å². The maximum absolute atomic E-state index is 9.74. The van der Waals surface area contributed by atoms with Crippen LogP contribution in [0.25, 0.3) is 5.57 Å². The summed E-state index contributed by atoms with van der Waals surface area (Å²) in [5.74, 6) is 0.322. The molecule has 0 bridgehead atoms. The quantitative estimate of drug-likeness (QED) is 0.732. The van der Waals surface area contributed by atoms with Gasteiger partial charge < -0.3 is 10.2 Å². The molecule has 1 aliphatic rings. The van der Waals surface area contributed by atoms with E-state index in [0.717, 1.165) is 5.57 Å². The van der Waals surface area contributed by atoms with Crippen LogP contribution in [0.2, 0.25) is 0 Å². The van der Waals surface area contributed by atoms with Crippen molar-refractivity contribution in [3.8, 4) is 5.75 Å². The highest BCUT2D eigenvalue weighted by atomic mass is 31.0. The highest BCUT2D eigenvalue weighted by molar-refractivity contribution is 6.92. The van der Waals surface area contributed by atoms with Gasteiger partial charge in [0, 0.05) is 11.1 Å². The van der Waals surface area contributed by atoms with E-state index in [0.29, 0.717) is 17.6 Å². The first-order chi connectivity index (χ1) is 7.20. The lowest BCUT2D eigenvalue weighted by atomic mass is 9.91. The van der Waals surface area contributed by atoms with Crippen LogP contribution in [0.1, 0.15) is 12.0 Å². The first-order valence-corrected chi connectivity index (χ1v) is 4.76. The van der Waals surface area contributed by atoms with Crippen molar-refractivity contribution in [3.63, 3.8) is 0 Å². The van der Waals surface area contributed by atoms with Crippen molar-refractivity contribution in [2.24, 2.45) is 0 Å². The van der Waals surface area contributed by atoms with Gasteiger partial charge >= 0.3 is 0 Å². The van der Waals surface area contributed by atoms with Gasteiger partial charge in [0.2, 0.25) is 0 Å². The Bertz CT molecular complexity index is 473. The van der Waals surface area contributed by atoms with E-state index in [4.69, 9.17) is 0 Å². The fourth-order valence-corrected chi connectivity index (χ4v) is 1.69. The van der Waals surface area contributed by atoms with Gasteiger partial charge in [0.05, 0.1) is 0 Å². The number of aromatic hydroxyl groups is 1. The second-order valence-corrected chi connectivity index (χ2v) is 3.49. The van der Waals surface area contributed by atoms with Gasteiger partial charge in [-0.15, -0.1) is 0 Å². The van der Waals surface area contributed by atoms with Crippen molar-refractivity contribution >= 4 is 15.5 Å².